The van der Waals surface area contributed by atoms with Crippen LogP contribution in [0.1, 0.15) is 25.7 Å². The van der Waals surface area contributed by atoms with Gasteiger partial charge < -0.3 is 0 Å². The van der Waals surface area contributed by atoms with Crippen molar-refractivity contribution < 1.29 is 4.17 Å². The van der Waals surface area contributed by atoms with E-state index in [2.05, 4.69) is 0 Å². The monoisotopic (exact) mass is 146 g/mol. The van der Waals surface area contributed by atoms with E-state index in [1.807, 2.05) is 0 Å². The molecule has 0 aromatic carbocycles. The van der Waals surface area contributed by atoms with E-state index in [0.29, 0.717) is 0 Å². The van der Waals surface area contributed by atoms with Crippen molar-refractivity contribution in [2.24, 2.45) is 0 Å². The average Bonchev–Trinajstić information content (AvgIpc) is 1.79. The van der Waals surface area contributed by atoms with Crippen molar-refractivity contribution in [1.82, 2.24) is 0 Å². The first kappa shape index (κ1) is 7.06. The summed E-state index contributed by atoms with van der Waals surface area (Å²) in [6.45, 7) is 0.727. The fraction of sp³-hybridized carbons (Fsp3) is 1.00. The second-order valence-corrected chi connectivity index (χ2v) is 3.38. The summed E-state index contributed by atoms with van der Waals surface area (Å²) in [5.41, 5.74) is 0. The van der Waals surface area contributed by atoms with Gasteiger partial charge in [-0.05, 0) is 12.8 Å². The Morgan fingerprint density at radius 1 is 1.11 bits per heavy atom. The summed E-state index contributed by atoms with van der Waals surface area (Å²) < 4.78 is 1.11. The molecular formula is C6H12NOS+. The molecule has 52 valence electrons. The Balaban J connectivity index is 2.20. The lowest BCUT2D eigenvalue weighted by Crippen LogP contribution is -2.04. The molecule has 1 fully saturated rings. The Morgan fingerprint density at radius 2 is 1.89 bits per heavy atom. The van der Waals surface area contributed by atoms with Crippen molar-refractivity contribution in [2.75, 3.05) is 12.3 Å². The Kier molecular flexibility index (Phi) is 3.04. The van der Waals surface area contributed by atoms with Gasteiger partial charge in [-0.3, -0.25) is 0 Å². The summed E-state index contributed by atoms with van der Waals surface area (Å²) in [6, 6.07) is 0. The molecule has 0 radical (unpaired) electrons. The number of hydrogen-bond acceptors (Lipinski definition) is 2. The minimum atomic E-state index is 0.727. The van der Waals surface area contributed by atoms with E-state index in [0.717, 1.165) is 22.9 Å². The minimum Gasteiger partial charge on any atom is -0.0521 e. The Bertz CT molecular complexity index is 95.2. The third-order valence-corrected chi connectivity index (χ3v) is 2.41. The van der Waals surface area contributed by atoms with Gasteiger partial charge in [-0.1, -0.05) is 6.42 Å². The fourth-order valence-corrected chi connectivity index (χ4v) is 1.72. The molecule has 9 heavy (non-hydrogen) atoms. The zero-order chi connectivity index (χ0) is 6.53. The summed E-state index contributed by atoms with van der Waals surface area (Å²) in [7, 11) is 0. The molecule has 1 aliphatic rings. The Hall–Kier alpha value is -0.0500. The van der Waals surface area contributed by atoms with Gasteiger partial charge in [0.05, 0.1) is 9.92 Å². The maximum atomic E-state index is 10.7. The van der Waals surface area contributed by atoms with Gasteiger partial charge in [0, 0.05) is 11.3 Å². The van der Waals surface area contributed by atoms with Crippen LogP contribution in [0.2, 0.25) is 0 Å². The maximum absolute atomic E-state index is 10.7. The molecule has 0 atom stereocenters. The number of rotatable bonds is 0. The van der Waals surface area contributed by atoms with Crippen molar-refractivity contribution in [1.29, 1.82) is 0 Å². The van der Waals surface area contributed by atoms with Crippen LogP contribution < -0.4 is 0 Å². The van der Waals surface area contributed by atoms with Crippen molar-refractivity contribution in [3.8, 4) is 0 Å². The molecule has 0 N–H and O–H groups in total. The molecule has 0 aromatic rings. The van der Waals surface area contributed by atoms with Gasteiger partial charge in [0.1, 0.15) is 0 Å². The smallest absolute Gasteiger partial charge is 0.0521 e. The second-order valence-electron chi connectivity index (χ2n) is 2.30. The number of nitroso groups, excluding NO2 is 1. The predicted octanol–water partition coefficient (Wildman–Crippen LogP) is 1.99. The van der Waals surface area contributed by atoms with E-state index in [1.165, 1.54) is 31.2 Å². The van der Waals surface area contributed by atoms with Gasteiger partial charge in [0.15, 0.2) is 0 Å². The van der Waals surface area contributed by atoms with Crippen molar-refractivity contribution in [2.45, 2.75) is 25.7 Å². The lowest BCUT2D eigenvalue weighted by atomic mass is 10.2. The quantitative estimate of drug-likeness (QED) is 0.384. The largest absolute Gasteiger partial charge is 0.212 e. The molecular weight excluding hydrogens is 134 g/mol. The van der Waals surface area contributed by atoms with Crippen LogP contribution in [0.25, 0.3) is 0 Å². The normalized spacial score (nSPS) is 22.9. The van der Waals surface area contributed by atoms with Crippen molar-refractivity contribution >= 4 is 11.9 Å². The molecule has 0 aromatic heterocycles. The van der Waals surface area contributed by atoms with E-state index in [1.54, 1.807) is 0 Å². The van der Waals surface area contributed by atoms with E-state index in [9.17, 15) is 4.91 Å². The van der Waals surface area contributed by atoms with E-state index < -0.39 is 0 Å². The second kappa shape index (κ2) is 3.88. The first-order valence-electron chi connectivity index (χ1n) is 3.47. The molecule has 1 aliphatic heterocycles. The summed E-state index contributed by atoms with van der Waals surface area (Å²) in [6.07, 6.45) is 4.83. The van der Waals surface area contributed by atoms with Crippen LogP contribution in [-0.2, 0) is 0 Å². The number of nitrogens with zero attached hydrogens (tertiary/aromatic N) is 1. The highest BCUT2D eigenvalue weighted by atomic mass is 32.2. The first-order chi connectivity index (χ1) is 4.39. The van der Waals surface area contributed by atoms with Gasteiger partial charge in [0.25, 0.3) is 0 Å². The highest BCUT2D eigenvalue weighted by Crippen LogP contribution is 2.13. The summed E-state index contributed by atoms with van der Waals surface area (Å²) >= 11 is 1.43. The molecule has 2 nitrogen and oxygen atoms in total. The Morgan fingerprint density at radius 3 is 2.78 bits per heavy atom. The van der Waals surface area contributed by atoms with E-state index >= 15 is 0 Å². The molecule has 0 spiro atoms. The predicted molar refractivity (Wildman–Crippen MR) is 39.4 cm³/mol. The lowest BCUT2D eigenvalue weighted by molar-refractivity contribution is -0.373. The summed E-state index contributed by atoms with van der Waals surface area (Å²) in [5.74, 6) is 1.02. The topological polar surface area (TPSA) is 20.1 Å². The third kappa shape index (κ3) is 2.84. The third-order valence-electron chi connectivity index (χ3n) is 1.47. The average molecular weight is 146 g/mol. The molecule has 1 heterocycles. The highest BCUT2D eigenvalue weighted by molar-refractivity contribution is 7.93. The van der Waals surface area contributed by atoms with Crippen LogP contribution in [0.15, 0.2) is 0 Å². The Labute approximate surface area is 59.7 Å². The van der Waals surface area contributed by atoms with Crippen molar-refractivity contribution in [3.63, 3.8) is 0 Å². The van der Waals surface area contributed by atoms with E-state index in [4.69, 9.17) is 0 Å². The standard InChI is InChI=1S/C6H12NOS/c8-7-5-3-1-2-4-6-9-7/h1-6H2/q+1. The van der Waals surface area contributed by atoms with E-state index in [-0.39, 0.29) is 0 Å². The van der Waals surface area contributed by atoms with Crippen LogP contribution in [0.3, 0.4) is 0 Å². The molecule has 0 unspecified atom stereocenters. The van der Waals surface area contributed by atoms with Crippen LogP contribution in [0, 0.1) is 4.91 Å². The molecule has 1 saturated heterocycles. The molecule has 3 heteroatoms. The summed E-state index contributed by atoms with van der Waals surface area (Å²) in [5, 5.41) is 0. The number of hydrogen-bond donors (Lipinski definition) is 0. The van der Waals surface area contributed by atoms with Crippen LogP contribution in [0.5, 0.6) is 0 Å². The molecule has 0 aliphatic carbocycles. The maximum Gasteiger partial charge on any atom is 0.212 e. The SMILES string of the molecule is O=[N+]1CCCCCCS1. The van der Waals surface area contributed by atoms with Gasteiger partial charge in [0.2, 0.25) is 18.5 Å². The van der Waals surface area contributed by atoms with Gasteiger partial charge in [-0.15, -0.1) is 0 Å². The van der Waals surface area contributed by atoms with Crippen molar-refractivity contribution in [3.05, 3.63) is 4.91 Å². The lowest BCUT2D eigenvalue weighted by Gasteiger charge is -1.98. The first-order valence-corrected chi connectivity index (χ1v) is 4.41. The van der Waals surface area contributed by atoms with Gasteiger partial charge >= 0.3 is 0 Å². The van der Waals surface area contributed by atoms with Gasteiger partial charge in [-0.25, -0.2) is 0 Å². The van der Waals surface area contributed by atoms with Crippen LogP contribution in [0.4, 0.5) is 0 Å². The zero-order valence-electron chi connectivity index (χ0n) is 5.51. The van der Waals surface area contributed by atoms with Crippen LogP contribution >= 0.6 is 11.9 Å². The van der Waals surface area contributed by atoms with Gasteiger partial charge in [-0.2, -0.15) is 0 Å². The molecule has 1 rings (SSSR count). The highest BCUT2D eigenvalue weighted by Gasteiger charge is 2.12. The molecule has 0 saturated carbocycles. The molecule has 0 bridgehead atoms. The fourth-order valence-electron chi connectivity index (χ4n) is 0.927. The minimum absolute atomic E-state index is 0.727. The zero-order valence-corrected chi connectivity index (χ0v) is 6.32. The summed E-state index contributed by atoms with van der Waals surface area (Å²) in [4.78, 5) is 10.7. The van der Waals surface area contributed by atoms with Crippen LogP contribution in [-0.4, -0.2) is 16.5 Å². The molecule has 0 amide bonds.